The first-order chi connectivity index (χ1) is 8.57. The Bertz CT molecular complexity index is 666. The monoisotopic (exact) mass is 236 g/mol. The lowest BCUT2D eigenvalue weighted by Gasteiger charge is -2.26. The highest BCUT2D eigenvalue weighted by Gasteiger charge is 2.19. The number of rotatable bonds is 1. The van der Waals surface area contributed by atoms with Crippen LogP contribution in [0.4, 0.5) is 5.69 Å². The second kappa shape index (κ2) is 3.82. The zero-order valence-corrected chi connectivity index (χ0v) is 11.1. The topological polar surface area (TPSA) is 0 Å². The standard InChI is InChI=1S/C17H18N/c1-18(2,3)17-15-10-6-4-8-13(15)12-14-9-5-7-11-16(14)17/h4-12H,1-3H3/q+1. The predicted octanol–water partition coefficient (Wildman–Crippen LogP) is 4.19. The summed E-state index contributed by atoms with van der Waals surface area (Å²) >= 11 is 0. The third-order valence-electron chi connectivity index (χ3n) is 3.41. The van der Waals surface area contributed by atoms with Gasteiger partial charge in [-0.15, -0.1) is 0 Å². The zero-order chi connectivity index (χ0) is 12.8. The molecule has 0 atom stereocenters. The van der Waals surface area contributed by atoms with Crippen molar-refractivity contribution in [2.24, 2.45) is 0 Å². The van der Waals surface area contributed by atoms with Crippen molar-refractivity contribution in [1.29, 1.82) is 0 Å². The maximum Gasteiger partial charge on any atom is 0.148 e. The van der Waals surface area contributed by atoms with Gasteiger partial charge in [-0.2, -0.15) is 0 Å². The summed E-state index contributed by atoms with van der Waals surface area (Å²) in [6, 6.07) is 19.6. The molecule has 18 heavy (non-hydrogen) atoms. The van der Waals surface area contributed by atoms with Crippen molar-refractivity contribution >= 4 is 27.2 Å². The molecule has 0 N–H and O–H groups in total. The lowest BCUT2D eigenvalue weighted by atomic mass is 9.99. The van der Waals surface area contributed by atoms with Crippen molar-refractivity contribution < 1.29 is 0 Å². The molecule has 0 saturated heterocycles. The number of hydrogen-bond donors (Lipinski definition) is 0. The minimum Gasteiger partial charge on any atom is -0.297 e. The molecular weight excluding hydrogens is 218 g/mol. The number of nitrogens with zero attached hydrogens (tertiary/aromatic N) is 1. The van der Waals surface area contributed by atoms with Crippen LogP contribution < -0.4 is 4.48 Å². The van der Waals surface area contributed by atoms with Gasteiger partial charge in [0.25, 0.3) is 0 Å². The second-order valence-electron chi connectivity index (χ2n) is 5.68. The van der Waals surface area contributed by atoms with Gasteiger partial charge in [0.1, 0.15) is 5.69 Å². The minimum absolute atomic E-state index is 0.835. The molecular formula is C17H18N+. The van der Waals surface area contributed by atoms with Gasteiger partial charge in [0.15, 0.2) is 0 Å². The molecule has 0 unspecified atom stereocenters. The Labute approximate surface area is 108 Å². The molecule has 90 valence electrons. The summed E-state index contributed by atoms with van der Waals surface area (Å²) in [7, 11) is 6.69. The largest absolute Gasteiger partial charge is 0.297 e. The summed E-state index contributed by atoms with van der Waals surface area (Å²) < 4.78 is 0.835. The van der Waals surface area contributed by atoms with Crippen LogP contribution in [0.3, 0.4) is 0 Å². The smallest absolute Gasteiger partial charge is 0.148 e. The normalized spacial score (nSPS) is 12.2. The lowest BCUT2D eigenvalue weighted by Crippen LogP contribution is -2.35. The van der Waals surface area contributed by atoms with E-state index in [4.69, 9.17) is 0 Å². The molecule has 0 aliphatic heterocycles. The van der Waals surface area contributed by atoms with Crippen molar-refractivity contribution in [2.75, 3.05) is 21.1 Å². The van der Waals surface area contributed by atoms with E-state index in [2.05, 4.69) is 75.7 Å². The molecule has 0 saturated carbocycles. The van der Waals surface area contributed by atoms with Crippen molar-refractivity contribution in [3.05, 3.63) is 54.6 Å². The first-order valence-electron chi connectivity index (χ1n) is 6.30. The van der Waals surface area contributed by atoms with Gasteiger partial charge < -0.3 is 0 Å². The van der Waals surface area contributed by atoms with E-state index in [0.29, 0.717) is 0 Å². The van der Waals surface area contributed by atoms with Crippen molar-refractivity contribution in [1.82, 2.24) is 4.48 Å². The highest BCUT2D eigenvalue weighted by atomic mass is 15.3. The van der Waals surface area contributed by atoms with Crippen LogP contribution in [0.1, 0.15) is 0 Å². The molecule has 0 heterocycles. The fourth-order valence-corrected chi connectivity index (χ4v) is 2.71. The van der Waals surface area contributed by atoms with Crippen LogP contribution in [0.25, 0.3) is 21.5 Å². The highest BCUT2D eigenvalue weighted by Crippen LogP contribution is 2.36. The van der Waals surface area contributed by atoms with Gasteiger partial charge in [-0.1, -0.05) is 36.4 Å². The van der Waals surface area contributed by atoms with Crippen LogP contribution in [0.15, 0.2) is 54.6 Å². The number of benzene rings is 3. The van der Waals surface area contributed by atoms with Gasteiger partial charge in [0.05, 0.1) is 21.1 Å². The highest BCUT2D eigenvalue weighted by molar-refractivity contribution is 6.10. The van der Waals surface area contributed by atoms with Gasteiger partial charge in [0.2, 0.25) is 0 Å². The molecule has 3 aromatic carbocycles. The SMILES string of the molecule is C[N+](C)(C)c1c2ccccc2cc2ccccc12. The van der Waals surface area contributed by atoms with E-state index in [0.717, 1.165) is 4.48 Å². The third-order valence-corrected chi connectivity index (χ3v) is 3.41. The van der Waals surface area contributed by atoms with Crippen LogP contribution in [0.5, 0.6) is 0 Å². The Kier molecular flexibility index (Phi) is 2.39. The summed E-state index contributed by atoms with van der Waals surface area (Å²) in [5, 5.41) is 5.34. The zero-order valence-electron chi connectivity index (χ0n) is 11.1. The fourth-order valence-electron chi connectivity index (χ4n) is 2.71. The van der Waals surface area contributed by atoms with E-state index < -0.39 is 0 Å². The average Bonchev–Trinajstić information content (AvgIpc) is 2.34. The number of quaternary nitrogens is 1. The fraction of sp³-hybridized carbons (Fsp3) is 0.176. The van der Waals surface area contributed by atoms with Gasteiger partial charge in [0, 0.05) is 10.8 Å². The lowest BCUT2D eigenvalue weighted by molar-refractivity contribution is 0.494. The van der Waals surface area contributed by atoms with Crippen LogP contribution in [-0.2, 0) is 0 Å². The molecule has 0 bridgehead atoms. The average molecular weight is 236 g/mol. The van der Waals surface area contributed by atoms with Crippen LogP contribution >= 0.6 is 0 Å². The van der Waals surface area contributed by atoms with Crippen molar-refractivity contribution in [3.8, 4) is 0 Å². The van der Waals surface area contributed by atoms with Crippen LogP contribution in [-0.4, -0.2) is 21.1 Å². The molecule has 0 amide bonds. The quantitative estimate of drug-likeness (QED) is 0.439. The second-order valence-corrected chi connectivity index (χ2v) is 5.68. The minimum atomic E-state index is 0.835. The molecule has 0 aromatic heterocycles. The molecule has 0 aliphatic rings. The van der Waals surface area contributed by atoms with Crippen molar-refractivity contribution in [2.45, 2.75) is 0 Å². The van der Waals surface area contributed by atoms with Crippen molar-refractivity contribution in [3.63, 3.8) is 0 Å². The molecule has 1 nitrogen and oxygen atoms in total. The summed E-state index contributed by atoms with van der Waals surface area (Å²) in [6.45, 7) is 0. The van der Waals surface area contributed by atoms with E-state index >= 15 is 0 Å². The summed E-state index contributed by atoms with van der Waals surface area (Å²) in [6.07, 6.45) is 0. The Morgan fingerprint density at radius 2 is 1.11 bits per heavy atom. The summed E-state index contributed by atoms with van der Waals surface area (Å²) in [5.74, 6) is 0. The summed E-state index contributed by atoms with van der Waals surface area (Å²) in [5.41, 5.74) is 1.39. The van der Waals surface area contributed by atoms with Gasteiger partial charge >= 0.3 is 0 Å². The van der Waals surface area contributed by atoms with Crippen LogP contribution in [0.2, 0.25) is 0 Å². The molecule has 0 aliphatic carbocycles. The van der Waals surface area contributed by atoms with Gasteiger partial charge in [-0.25, -0.2) is 0 Å². The first kappa shape index (κ1) is 11.2. The maximum absolute atomic E-state index is 2.28. The van der Waals surface area contributed by atoms with Crippen LogP contribution in [0, 0.1) is 0 Å². The molecule has 3 aromatic rings. The molecule has 3 rings (SSSR count). The molecule has 1 heteroatoms. The molecule has 0 fully saturated rings. The predicted molar refractivity (Wildman–Crippen MR) is 81.0 cm³/mol. The Morgan fingerprint density at radius 1 is 0.667 bits per heavy atom. The Hall–Kier alpha value is -1.86. The number of fused-ring (bicyclic) bond motifs is 2. The molecule has 0 radical (unpaired) electrons. The first-order valence-corrected chi connectivity index (χ1v) is 6.30. The van der Waals surface area contributed by atoms with Gasteiger partial charge in [-0.05, 0) is 29.0 Å². The third kappa shape index (κ3) is 1.68. The molecule has 0 spiro atoms. The van der Waals surface area contributed by atoms with Gasteiger partial charge in [-0.3, -0.25) is 4.48 Å². The summed E-state index contributed by atoms with van der Waals surface area (Å²) in [4.78, 5) is 0. The van der Waals surface area contributed by atoms with E-state index in [1.54, 1.807) is 0 Å². The Balaban J connectivity index is 2.58. The van der Waals surface area contributed by atoms with E-state index in [9.17, 15) is 0 Å². The van der Waals surface area contributed by atoms with E-state index in [-0.39, 0.29) is 0 Å². The van der Waals surface area contributed by atoms with E-state index in [1.807, 2.05) is 0 Å². The number of hydrogen-bond acceptors (Lipinski definition) is 0. The maximum atomic E-state index is 2.28. The Morgan fingerprint density at radius 3 is 1.56 bits per heavy atom. The van der Waals surface area contributed by atoms with E-state index in [1.165, 1.54) is 27.2 Å².